The number of unbranched alkanes of at least 4 members (excludes halogenated alkanes) is 1. The van der Waals surface area contributed by atoms with Gasteiger partial charge in [-0.05, 0) is 38.0 Å². The van der Waals surface area contributed by atoms with Crippen LogP contribution in [0.2, 0.25) is 0 Å². The summed E-state index contributed by atoms with van der Waals surface area (Å²) in [6, 6.07) is 11.7. The molecule has 0 aliphatic rings. The fourth-order valence-electron chi connectivity index (χ4n) is 2.65. The number of pyridine rings is 1. The normalized spacial score (nSPS) is 10.8. The van der Waals surface area contributed by atoms with Crippen LogP contribution in [0.4, 0.5) is 10.6 Å². The van der Waals surface area contributed by atoms with Crippen LogP contribution in [0.3, 0.4) is 0 Å². The second-order valence-electron chi connectivity index (χ2n) is 6.01. The zero-order chi connectivity index (χ0) is 17.8. The van der Waals surface area contributed by atoms with Crippen molar-refractivity contribution >= 4 is 22.8 Å². The Hall–Kier alpha value is -2.89. The predicted octanol–water partition coefficient (Wildman–Crippen LogP) is 4.39. The first-order valence-electron chi connectivity index (χ1n) is 8.45. The summed E-state index contributed by atoms with van der Waals surface area (Å²) in [5.74, 6) is 1.20. The number of carbonyl (C=O) groups excluding carboxylic acids is 1. The van der Waals surface area contributed by atoms with Gasteiger partial charge in [0.25, 0.3) is 0 Å². The first-order chi connectivity index (χ1) is 12.1. The van der Waals surface area contributed by atoms with Crippen molar-refractivity contribution in [3.8, 4) is 5.82 Å². The van der Waals surface area contributed by atoms with E-state index in [1.807, 2.05) is 51.1 Å². The minimum Gasteiger partial charge on any atom is -0.449 e. The molecule has 0 saturated heterocycles. The Balaban J connectivity index is 1.91. The molecule has 2 heterocycles. The largest absolute Gasteiger partial charge is 0.449 e. The highest BCUT2D eigenvalue weighted by Gasteiger charge is 2.14. The topological polar surface area (TPSA) is 69.0 Å². The molecule has 1 aromatic carbocycles. The van der Waals surface area contributed by atoms with E-state index in [-0.39, 0.29) is 0 Å². The number of fused-ring (bicyclic) bond motifs is 1. The minimum absolute atomic E-state index is 0.406. The molecular weight excluding hydrogens is 316 g/mol. The molecule has 0 bridgehead atoms. The average molecular weight is 338 g/mol. The molecule has 2 aromatic heterocycles. The van der Waals surface area contributed by atoms with E-state index in [4.69, 9.17) is 4.74 Å². The van der Waals surface area contributed by atoms with Crippen molar-refractivity contribution < 1.29 is 9.53 Å². The Kier molecular flexibility index (Phi) is 4.97. The van der Waals surface area contributed by atoms with E-state index in [0.29, 0.717) is 18.2 Å². The molecule has 1 amide bonds. The Bertz CT molecular complexity index is 902. The van der Waals surface area contributed by atoms with Crippen LogP contribution in [0.15, 0.2) is 36.4 Å². The lowest BCUT2D eigenvalue weighted by molar-refractivity contribution is 0.159. The minimum atomic E-state index is -0.480. The van der Waals surface area contributed by atoms with Gasteiger partial charge in [-0.1, -0.05) is 31.5 Å². The highest BCUT2D eigenvalue weighted by molar-refractivity contribution is 5.85. The van der Waals surface area contributed by atoms with Crippen molar-refractivity contribution in [1.82, 2.24) is 14.8 Å². The molecule has 0 unspecified atom stereocenters. The highest BCUT2D eigenvalue weighted by Crippen LogP contribution is 2.22. The molecular formula is C19H22N4O2. The standard InChI is InChI=1S/C19H22N4O2/c1-4-5-10-25-19(24)21-18-12-14(3)22-23(18)17-11-13(2)15-8-6-7-9-16(15)20-17/h6-9,11-12H,4-5,10H2,1-3H3,(H,21,24). The molecule has 0 fully saturated rings. The summed E-state index contributed by atoms with van der Waals surface area (Å²) in [7, 11) is 0. The molecule has 130 valence electrons. The van der Waals surface area contributed by atoms with Crippen LogP contribution in [0.1, 0.15) is 31.0 Å². The van der Waals surface area contributed by atoms with E-state index in [1.165, 1.54) is 0 Å². The first-order valence-corrected chi connectivity index (χ1v) is 8.45. The second-order valence-corrected chi connectivity index (χ2v) is 6.01. The molecule has 3 aromatic rings. The van der Waals surface area contributed by atoms with E-state index in [1.54, 1.807) is 10.7 Å². The number of aryl methyl sites for hydroxylation is 2. The van der Waals surface area contributed by atoms with Crippen LogP contribution in [0, 0.1) is 13.8 Å². The van der Waals surface area contributed by atoms with Gasteiger partial charge in [-0.25, -0.2) is 9.78 Å². The van der Waals surface area contributed by atoms with Gasteiger partial charge < -0.3 is 4.74 Å². The van der Waals surface area contributed by atoms with Crippen molar-refractivity contribution in [2.75, 3.05) is 11.9 Å². The number of hydrogen-bond donors (Lipinski definition) is 1. The van der Waals surface area contributed by atoms with Gasteiger partial charge in [-0.3, -0.25) is 5.32 Å². The third-order valence-corrected chi connectivity index (χ3v) is 3.92. The third-order valence-electron chi connectivity index (χ3n) is 3.92. The van der Waals surface area contributed by atoms with Crippen molar-refractivity contribution in [3.63, 3.8) is 0 Å². The summed E-state index contributed by atoms with van der Waals surface area (Å²) in [6.45, 7) is 6.37. The highest BCUT2D eigenvalue weighted by atomic mass is 16.5. The number of rotatable bonds is 5. The molecule has 1 N–H and O–H groups in total. The van der Waals surface area contributed by atoms with Crippen LogP contribution in [-0.4, -0.2) is 27.5 Å². The molecule has 0 aliphatic carbocycles. The van der Waals surface area contributed by atoms with Gasteiger partial charge in [-0.15, -0.1) is 0 Å². The maximum atomic E-state index is 12.0. The van der Waals surface area contributed by atoms with E-state index in [0.717, 1.165) is 35.0 Å². The van der Waals surface area contributed by atoms with Gasteiger partial charge in [0.15, 0.2) is 5.82 Å². The van der Waals surface area contributed by atoms with Crippen molar-refractivity contribution in [2.24, 2.45) is 0 Å². The number of nitrogens with one attached hydrogen (secondary N) is 1. The molecule has 0 atom stereocenters. The van der Waals surface area contributed by atoms with Crippen LogP contribution in [0.5, 0.6) is 0 Å². The zero-order valence-corrected chi connectivity index (χ0v) is 14.7. The number of para-hydroxylation sites is 1. The Morgan fingerprint density at radius 3 is 2.84 bits per heavy atom. The van der Waals surface area contributed by atoms with Gasteiger partial charge in [-0.2, -0.15) is 9.78 Å². The second kappa shape index (κ2) is 7.34. The van der Waals surface area contributed by atoms with E-state index >= 15 is 0 Å². The van der Waals surface area contributed by atoms with Crippen molar-refractivity contribution in [1.29, 1.82) is 0 Å². The lowest BCUT2D eigenvalue weighted by Crippen LogP contribution is -2.17. The van der Waals surface area contributed by atoms with Gasteiger partial charge in [0, 0.05) is 11.5 Å². The van der Waals surface area contributed by atoms with Gasteiger partial charge in [0.05, 0.1) is 17.8 Å². The predicted molar refractivity (Wildman–Crippen MR) is 98.2 cm³/mol. The van der Waals surface area contributed by atoms with Gasteiger partial charge in [0.1, 0.15) is 5.82 Å². The SMILES string of the molecule is CCCCOC(=O)Nc1cc(C)nn1-c1cc(C)c2ccccc2n1. The molecule has 6 nitrogen and oxygen atoms in total. The molecule has 6 heteroatoms. The van der Waals surface area contributed by atoms with Gasteiger partial charge in [0.2, 0.25) is 0 Å². The van der Waals surface area contributed by atoms with Crippen LogP contribution in [0.25, 0.3) is 16.7 Å². The quantitative estimate of drug-likeness (QED) is 0.701. The Morgan fingerprint density at radius 1 is 1.24 bits per heavy atom. The number of benzene rings is 1. The Morgan fingerprint density at radius 2 is 2.04 bits per heavy atom. The number of ether oxygens (including phenoxy) is 1. The van der Waals surface area contributed by atoms with Crippen LogP contribution < -0.4 is 5.32 Å². The first kappa shape index (κ1) is 17.0. The summed E-state index contributed by atoms with van der Waals surface area (Å²) in [5, 5.41) is 8.32. The molecule has 0 saturated carbocycles. The molecule has 0 aliphatic heterocycles. The fourth-order valence-corrected chi connectivity index (χ4v) is 2.65. The number of amides is 1. The molecule has 0 spiro atoms. The van der Waals surface area contributed by atoms with E-state index in [2.05, 4.69) is 15.4 Å². The van der Waals surface area contributed by atoms with Crippen molar-refractivity contribution in [2.45, 2.75) is 33.6 Å². The monoisotopic (exact) mass is 338 g/mol. The summed E-state index contributed by atoms with van der Waals surface area (Å²) in [4.78, 5) is 16.6. The average Bonchev–Trinajstić information content (AvgIpc) is 2.95. The van der Waals surface area contributed by atoms with Crippen LogP contribution >= 0.6 is 0 Å². The number of anilines is 1. The lowest BCUT2D eigenvalue weighted by atomic mass is 10.1. The third kappa shape index (κ3) is 3.79. The number of aromatic nitrogens is 3. The fraction of sp³-hybridized carbons (Fsp3) is 0.316. The van der Waals surface area contributed by atoms with Crippen molar-refractivity contribution in [3.05, 3.63) is 47.7 Å². The summed E-state index contributed by atoms with van der Waals surface area (Å²) >= 11 is 0. The maximum absolute atomic E-state index is 12.0. The number of hydrogen-bond acceptors (Lipinski definition) is 4. The lowest BCUT2D eigenvalue weighted by Gasteiger charge is -2.10. The summed E-state index contributed by atoms with van der Waals surface area (Å²) in [5.41, 5.74) is 2.78. The zero-order valence-electron chi connectivity index (χ0n) is 14.7. The van der Waals surface area contributed by atoms with E-state index in [9.17, 15) is 4.79 Å². The smallest absolute Gasteiger partial charge is 0.412 e. The van der Waals surface area contributed by atoms with E-state index < -0.39 is 6.09 Å². The molecule has 0 radical (unpaired) electrons. The Labute approximate surface area is 146 Å². The maximum Gasteiger partial charge on any atom is 0.412 e. The summed E-state index contributed by atoms with van der Waals surface area (Å²) in [6.07, 6.45) is 1.34. The molecule has 3 rings (SSSR count). The molecule has 25 heavy (non-hydrogen) atoms. The number of carbonyl (C=O) groups is 1. The van der Waals surface area contributed by atoms with Crippen LogP contribution in [-0.2, 0) is 4.74 Å². The number of nitrogens with zero attached hydrogens (tertiary/aromatic N) is 3. The summed E-state index contributed by atoms with van der Waals surface area (Å²) < 4.78 is 6.80. The van der Waals surface area contributed by atoms with Gasteiger partial charge >= 0.3 is 6.09 Å².